The Morgan fingerprint density at radius 1 is 1.56 bits per heavy atom. The lowest BCUT2D eigenvalue weighted by Crippen LogP contribution is -2.14. The highest BCUT2D eigenvalue weighted by Crippen LogP contribution is 2.39. The number of aromatic nitrogens is 1. The lowest BCUT2D eigenvalue weighted by molar-refractivity contribution is -0.117. The highest BCUT2D eigenvalue weighted by Gasteiger charge is 2.39. The van der Waals surface area contributed by atoms with E-state index in [2.05, 4.69) is 36.3 Å². The summed E-state index contributed by atoms with van der Waals surface area (Å²) in [6.07, 6.45) is 2.03. The number of hydrogen-bond donors (Lipinski definition) is 1. The SMILES string of the molecule is CCc1ccc2nc(NC(=O)[C@@H]3C[C@@H]3C)sc2c1. The zero-order valence-corrected chi connectivity index (χ0v) is 11.4. The van der Waals surface area contributed by atoms with E-state index in [9.17, 15) is 4.79 Å². The van der Waals surface area contributed by atoms with Crippen LogP contribution in [0, 0.1) is 11.8 Å². The van der Waals surface area contributed by atoms with E-state index < -0.39 is 0 Å². The molecule has 0 radical (unpaired) electrons. The summed E-state index contributed by atoms with van der Waals surface area (Å²) in [5.74, 6) is 0.853. The smallest absolute Gasteiger partial charge is 0.229 e. The Morgan fingerprint density at radius 3 is 3.00 bits per heavy atom. The van der Waals surface area contributed by atoms with Crippen molar-refractivity contribution in [2.45, 2.75) is 26.7 Å². The first-order valence-corrected chi connectivity index (χ1v) is 7.19. The van der Waals surface area contributed by atoms with E-state index in [0.29, 0.717) is 5.92 Å². The van der Waals surface area contributed by atoms with E-state index in [0.717, 1.165) is 28.2 Å². The topological polar surface area (TPSA) is 42.0 Å². The van der Waals surface area contributed by atoms with Crippen molar-refractivity contribution in [1.29, 1.82) is 0 Å². The van der Waals surface area contributed by atoms with Gasteiger partial charge < -0.3 is 5.32 Å². The van der Waals surface area contributed by atoms with Gasteiger partial charge in [0.05, 0.1) is 10.2 Å². The molecule has 1 fully saturated rings. The zero-order chi connectivity index (χ0) is 12.7. The summed E-state index contributed by atoms with van der Waals surface area (Å²) >= 11 is 1.56. The summed E-state index contributed by atoms with van der Waals surface area (Å²) in [5.41, 5.74) is 2.27. The Hall–Kier alpha value is -1.42. The largest absolute Gasteiger partial charge is 0.302 e. The number of carbonyl (C=O) groups is 1. The molecule has 0 unspecified atom stereocenters. The van der Waals surface area contributed by atoms with Gasteiger partial charge in [0.25, 0.3) is 0 Å². The van der Waals surface area contributed by atoms with Crippen LogP contribution >= 0.6 is 11.3 Å². The van der Waals surface area contributed by atoms with Crippen molar-refractivity contribution in [2.24, 2.45) is 11.8 Å². The monoisotopic (exact) mass is 260 g/mol. The lowest BCUT2D eigenvalue weighted by atomic mass is 10.2. The molecule has 2 atom stereocenters. The maximum absolute atomic E-state index is 11.8. The summed E-state index contributed by atoms with van der Waals surface area (Å²) in [5, 5.41) is 3.65. The molecule has 0 aliphatic heterocycles. The Balaban J connectivity index is 1.82. The van der Waals surface area contributed by atoms with Crippen LogP contribution in [0.1, 0.15) is 25.8 Å². The molecule has 1 aliphatic carbocycles. The molecular weight excluding hydrogens is 244 g/mol. The number of fused-ring (bicyclic) bond motifs is 1. The standard InChI is InChI=1S/C14H16N2OS/c1-3-9-4-5-11-12(7-9)18-14(15-11)16-13(17)10-6-8(10)2/h4-5,7-8,10H,3,6H2,1-2H3,(H,15,16,17)/t8-,10+/m0/s1. The number of thiazole rings is 1. The molecule has 18 heavy (non-hydrogen) atoms. The van der Waals surface area contributed by atoms with Crippen LogP contribution in [0.3, 0.4) is 0 Å². The minimum atomic E-state index is 0.122. The number of amides is 1. The summed E-state index contributed by atoms with van der Waals surface area (Å²) in [6, 6.07) is 6.28. The lowest BCUT2D eigenvalue weighted by Gasteiger charge is -1.97. The average molecular weight is 260 g/mol. The van der Waals surface area contributed by atoms with Crippen LogP contribution in [-0.4, -0.2) is 10.9 Å². The zero-order valence-electron chi connectivity index (χ0n) is 10.6. The summed E-state index contributed by atoms with van der Waals surface area (Å²) in [7, 11) is 0. The fourth-order valence-corrected chi connectivity index (χ4v) is 3.06. The molecule has 1 aromatic heterocycles. The number of aryl methyl sites for hydroxylation is 1. The highest BCUT2D eigenvalue weighted by atomic mass is 32.1. The minimum absolute atomic E-state index is 0.122. The number of hydrogen-bond acceptors (Lipinski definition) is 3. The van der Waals surface area contributed by atoms with E-state index >= 15 is 0 Å². The van der Waals surface area contributed by atoms with Crippen molar-refractivity contribution in [3.05, 3.63) is 23.8 Å². The van der Waals surface area contributed by atoms with Crippen LogP contribution in [0.5, 0.6) is 0 Å². The highest BCUT2D eigenvalue weighted by molar-refractivity contribution is 7.22. The van der Waals surface area contributed by atoms with Gasteiger partial charge in [-0.3, -0.25) is 4.79 Å². The summed E-state index contributed by atoms with van der Waals surface area (Å²) < 4.78 is 1.15. The number of carbonyl (C=O) groups excluding carboxylic acids is 1. The van der Waals surface area contributed by atoms with Crippen molar-refractivity contribution in [1.82, 2.24) is 4.98 Å². The quantitative estimate of drug-likeness (QED) is 0.918. The number of benzene rings is 1. The van der Waals surface area contributed by atoms with Gasteiger partial charge in [0.1, 0.15) is 0 Å². The van der Waals surface area contributed by atoms with Crippen molar-refractivity contribution in [2.75, 3.05) is 5.32 Å². The molecule has 1 saturated carbocycles. The normalized spacial score (nSPS) is 22.1. The van der Waals surface area contributed by atoms with Gasteiger partial charge in [0.15, 0.2) is 5.13 Å². The van der Waals surface area contributed by atoms with Gasteiger partial charge in [-0.05, 0) is 36.5 Å². The maximum atomic E-state index is 11.8. The molecule has 3 nitrogen and oxygen atoms in total. The molecule has 1 amide bonds. The third kappa shape index (κ3) is 2.12. The van der Waals surface area contributed by atoms with Gasteiger partial charge in [-0.25, -0.2) is 4.98 Å². The van der Waals surface area contributed by atoms with E-state index in [1.807, 2.05) is 6.07 Å². The number of rotatable bonds is 3. The molecule has 4 heteroatoms. The van der Waals surface area contributed by atoms with Crippen LogP contribution in [0.4, 0.5) is 5.13 Å². The third-order valence-corrected chi connectivity index (χ3v) is 4.47. The van der Waals surface area contributed by atoms with Gasteiger partial charge >= 0.3 is 0 Å². The Kier molecular flexibility index (Phi) is 2.82. The van der Waals surface area contributed by atoms with Gasteiger partial charge in [0.2, 0.25) is 5.91 Å². The molecule has 1 N–H and O–H groups in total. The van der Waals surface area contributed by atoms with Crippen LogP contribution in [0.25, 0.3) is 10.2 Å². The molecule has 1 aliphatic rings. The van der Waals surface area contributed by atoms with E-state index in [1.165, 1.54) is 5.56 Å². The first-order chi connectivity index (χ1) is 8.67. The first-order valence-electron chi connectivity index (χ1n) is 6.37. The fraction of sp³-hybridized carbons (Fsp3) is 0.429. The molecular formula is C14H16N2OS. The summed E-state index contributed by atoms with van der Waals surface area (Å²) in [6.45, 7) is 4.25. The first kappa shape index (κ1) is 11.7. The van der Waals surface area contributed by atoms with Gasteiger partial charge in [-0.2, -0.15) is 0 Å². The molecule has 3 rings (SSSR count). The van der Waals surface area contributed by atoms with Crippen LogP contribution in [-0.2, 0) is 11.2 Å². The van der Waals surface area contributed by atoms with E-state index in [-0.39, 0.29) is 11.8 Å². The molecule has 94 valence electrons. The van der Waals surface area contributed by atoms with Crippen LogP contribution in [0.2, 0.25) is 0 Å². The van der Waals surface area contributed by atoms with Gasteiger partial charge in [-0.1, -0.05) is 31.3 Å². The van der Waals surface area contributed by atoms with E-state index in [1.54, 1.807) is 11.3 Å². The fourth-order valence-electron chi connectivity index (χ4n) is 2.13. The molecule has 0 saturated heterocycles. The molecule has 2 aromatic rings. The maximum Gasteiger partial charge on any atom is 0.229 e. The second kappa shape index (κ2) is 4.35. The van der Waals surface area contributed by atoms with Gasteiger partial charge in [-0.15, -0.1) is 0 Å². The number of nitrogens with zero attached hydrogens (tertiary/aromatic N) is 1. The molecule has 0 bridgehead atoms. The predicted molar refractivity (Wildman–Crippen MR) is 74.9 cm³/mol. The number of nitrogens with one attached hydrogen (secondary N) is 1. The molecule has 1 heterocycles. The molecule has 0 spiro atoms. The Labute approximate surface area is 110 Å². The second-order valence-electron chi connectivity index (χ2n) is 4.98. The summed E-state index contributed by atoms with van der Waals surface area (Å²) in [4.78, 5) is 16.3. The van der Waals surface area contributed by atoms with Crippen molar-refractivity contribution in [3.63, 3.8) is 0 Å². The molecule has 1 aromatic carbocycles. The second-order valence-corrected chi connectivity index (χ2v) is 6.01. The number of anilines is 1. The van der Waals surface area contributed by atoms with Crippen LogP contribution < -0.4 is 5.32 Å². The van der Waals surface area contributed by atoms with Crippen molar-refractivity contribution < 1.29 is 4.79 Å². The van der Waals surface area contributed by atoms with Crippen molar-refractivity contribution >= 4 is 32.6 Å². The Bertz CT molecular complexity index is 605. The minimum Gasteiger partial charge on any atom is -0.302 e. The van der Waals surface area contributed by atoms with Crippen LogP contribution in [0.15, 0.2) is 18.2 Å². The van der Waals surface area contributed by atoms with Crippen molar-refractivity contribution in [3.8, 4) is 0 Å². The third-order valence-electron chi connectivity index (χ3n) is 3.54. The van der Waals surface area contributed by atoms with E-state index in [4.69, 9.17) is 0 Å². The predicted octanol–water partition coefficient (Wildman–Crippen LogP) is 3.45. The Morgan fingerprint density at radius 2 is 2.33 bits per heavy atom. The average Bonchev–Trinajstić information content (AvgIpc) is 2.96. The van der Waals surface area contributed by atoms with Gasteiger partial charge in [0, 0.05) is 5.92 Å².